The van der Waals surface area contributed by atoms with Crippen molar-refractivity contribution >= 4 is 9.84 Å². The first kappa shape index (κ1) is 17.0. The molecule has 1 N–H and O–H groups in total. The van der Waals surface area contributed by atoms with Gasteiger partial charge in [0.1, 0.15) is 5.75 Å². The third-order valence-corrected chi connectivity index (χ3v) is 6.18. The minimum atomic E-state index is -2.87. The molecule has 0 amide bonds. The number of hydrogen-bond donors (Lipinski definition) is 1. The van der Waals surface area contributed by atoms with Crippen LogP contribution < -0.4 is 10.1 Å². The van der Waals surface area contributed by atoms with Crippen LogP contribution in [0.2, 0.25) is 0 Å². The molecule has 24 heavy (non-hydrogen) atoms. The van der Waals surface area contributed by atoms with Gasteiger partial charge in [-0.25, -0.2) is 8.42 Å². The first-order valence-electron chi connectivity index (χ1n) is 8.07. The Labute approximate surface area is 142 Å². The third-order valence-electron chi connectivity index (χ3n) is 4.41. The number of benzene rings is 1. The molecule has 0 unspecified atom stereocenters. The van der Waals surface area contributed by atoms with Crippen molar-refractivity contribution in [1.29, 1.82) is 0 Å². The van der Waals surface area contributed by atoms with E-state index in [9.17, 15) is 8.42 Å². The first-order valence-corrected chi connectivity index (χ1v) is 9.90. The minimum Gasteiger partial charge on any atom is -0.496 e. The summed E-state index contributed by atoms with van der Waals surface area (Å²) in [7, 11) is -1.21. The van der Waals surface area contributed by atoms with E-state index in [-0.39, 0.29) is 23.6 Å². The molecule has 2 aromatic rings. The summed E-state index contributed by atoms with van der Waals surface area (Å²) < 4.78 is 30.5. The molecule has 1 aliphatic rings. The van der Waals surface area contributed by atoms with Crippen molar-refractivity contribution in [3.63, 3.8) is 0 Å². The van der Waals surface area contributed by atoms with E-state index in [1.807, 2.05) is 29.1 Å². The Morgan fingerprint density at radius 1 is 1.46 bits per heavy atom. The van der Waals surface area contributed by atoms with Gasteiger partial charge >= 0.3 is 0 Å². The molecule has 1 aliphatic heterocycles. The number of methoxy groups -OCH3 is 1. The van der Waals surface area contributed by atoms with Gasteiger partial charge in [0, 0.05) is 30.0 Å². The molecular weight excluding hydrogens is 326 g/mol. The fraction of sp³-hybridized carbons (Fsp3) is 0.471. The van der Waals surface area contributed by atoms with E-state index < -0.39 is 9.84 Å². The lowest BCUT2D eigenvalue weighted by atomic mass is 10.0. The SMILES string of the molecule is COc1ccc([C@@H](C)N[C@@H]2CCS(=O)(=O)C2)cc1Cn1cccn1. The van der Waals surface area contributed by atoms with Crippen LogP contribution in [0.5, 0.6) is 5.75 Å². The lowest BCUT2D eigenvalue weighted by Gasteiger charge is -2.20. The van der Waals surface area contributed by atoms with Crippen molar-refractivity contribution in [2.45, 2.75) is 32.0 Å². The third kappa shape index (κ3) is 3.96. The minimum absolute atomic E-state index is 0.0293. The van der Waals surface area contributed by atoms with E-state index in [1.165, 1.54) is 0 Å². The normalized spacial score (nSPS) is 20.8. The number of sulfone groups is 1. The van der Waals surface area contributed by atoms with Crippen molar-refractivity contribution in [2.75, 3.05) is 18.6 Å². The number of hydrogen-bond acceptors (Lipinski definition) is 5. The van der Waals surface area contributed by atoms with Gasteiger partial charge in [0.25, 0.3) is 0 Å². The van der Waals surface area contributed by atoms with Crippen molar-refractivity contribution in [3.8, 4) is 5.75 Å². The number of nitrogens with one attached hydrogen (secondary N) is 1. The fourth-order valence-electron chi connectivity index (χ4n) is 3.14. The summed E-state index contributed by atoms with van der Waals surface area (Å²) in [6.07, 6.45) is 4.35. The predicted octanol–water partition coefficient (Wildman–Crippen LogP) is 1.78. The quantitative estimate of drug-likeness (QED) is 0.860. The Kier molecular flexibility index (Phi) is 4.91. The van der Waals surface area contributed by atoms with Gasteiger partial charge in [-0.2, -0.15) is 5.10 Å². The van der Waals surface area contributed by atoms with Crippen LogP contribution in [0, 0.1) is 0 Å². The van der Waals surface area contributed by atoms with Crippen LogP contribution in [0.25, 0.3) is 0 Å². The molecule has 2 atom stereocenters. The molecule has 6 nitrogen and oxygen atoms in total. The van der Waals surface area contributed by atoms with E-state index in [2.05, 4.69) is 23.4 Å². The summed E-state index contributed by atoms with van der Waals surface area (Å²) in [5.41, 5.74) is 2.16. The van der Waals surface area contributed by atoms with Gasteiger partial charge in [0.2, 0.25) is 0 Å². The van der Waals surface area contributed by atoms with Gasteiger partial charge in [-0.05, 0) is 37.1 Å². The molecule has 1 fully saturated rings. The van der Waals surface area contributed by atoms with E-state index >= 15 is 0 Å². The van der Waals surface area contributed by atoms with Crippen molar-refractivity contribution < 1.29 is 13.2 Å². The summed E-state index contributed by atoms with van der Waals surface area (Å²) >= 11 is 0. The highest BCUT2D eigenvalue weighted by Gasteiger charge is 2.28. The number of aromatic nitrogens is 2. The maximum absolute atomic E-state index is 11.6. The van der Waals surface area contributed by atoms with E-state index in [0.29, 0.717) is 13.0 Å². The van der Waals surface area contributed by atoms with Gasteiger partial charge in [0.05, 0.1) is 25.2 Å². The second-order valence-electron chi connectivity index (χ2n) is 6.26. The summed E-state index contributed by atoms with van der Waals surface area (Å²) in [5, 5.41) is 7.67. The molecule has 2 heterocycles. The number of nitrogens with zero attached hydrogens (tertiary/aromatic N) is 2. The highest BCUT2D eigenvalue weighted by atomic mass is 32.2. The van der Waals surface area contributed by atoms with Crippen LogP contribution in [0.1, 0.15) is 30.5 Å². The second-order valence-corrected chi connectivity index (χ2v) is 8.49. The molecule has 1 aromatic carbocycles. The largest absolute Gasteiger partial charge is 0.496 e. The zero-order valence-electron chi connectivity index (χ0n) is 14.0. The fourth-order valence-corrected chi connectivity index (χ4v) is 4.82. The standard InChI is InChI=1S/C17H23N3O3S/c1-13(19-16-6-9-24(21,22)12-16)14-4-5-17(23-2)15(10-14)11-20-8-3-7-18-20/h3-5,7-8,10,13,16,19H,6,9,11-12H2,1-2H3/t13-,16-/m1/s1. The summed E-state index contributed by atoms with van der Waals surface area (Å²) in [6, 6.07) is 8.07. The van der Waals surface area contributed by atoms with Crippen LogP contribution in [0.4, 0.5) is 0 Å². The van der Waals surface area contributed by atoms with Crippen LogP contribution in [-0.4, -0.2) is 42.9 Å². The topological polar surface area (TPSA) is 73.2 Å². The lowest BCUT2D eigenvalue weighted by Crippen LogP contribution is -2.32. The Morgan fingerprint density at radius 3 is 2.92 bits per heavy atom. The zero-order valence-corrected chi connectivity index (χ0v) is 14.8. The first-order chi connectivity index (χ1) is 11.5. The molecule has 1 aromatic heterocycles. The Bertz CT molecular complexity index is 787. The predicted molar refractivity (Wildman–Crippen MR) is 92.9 cm³/mol. The molecule has 0 saturated carbocycles. The van der Waals surface area contributed by atoms with Crippen molar-refractivity contribution in [1.82, 2.24) is 15.1 Å². The van der Waals surface area contributed by atoms with Gasteiger partial charge in [0.15, 0.2) is 9.84 Å². The smallest absolute Gasteiger partial charge is 0.151 e. The van der Waals surface area contributed by atoms with Gasteiger partial charge in [-0.1, -0.05) is 6.07 Å². The maximum Gasteiger partial charge on any atom is 0.151 e. The van der Waals surface area contributed by atoms with E-state index in [1.54, 1.807) is 13.3 Å². The summed E-state index contributed by atoms with van der Waals surface area (Å²) in [5.74, 6) is 1.34. The highest BCUT2D eigenvalue weighted by Crippen LogP contribution is 2.25. The summed E-state index contributed by atoms with van der Waals surface area (Å²) in [6.45, 7) is 2.69. The Balaban J connectivity index is 1.75. The number of ether oxygens (including phenoxy) is 1. The summed E-state index contributed by atoms with van der Waals surface area (Å²) in [4.78, 5) is 0. The molecular formula is C17H23N3O3S. The van der Waals surface area contributed by atoms with Gasteiger partial charge in [-0.15, -0.1) is 0 Å². The van der Waals surface area contributed by atoms with E-state index in [0.717, 1.165) is 16.9 Å². The van der Waals surface area contributed by atoms with Crippen LogP contribution in [0.15, 0.2) is 36.7 Å². The molecule has 0 radical (unpaired) electrons. The lowest BCUT2D eigenvalue weighted by molar-refractivity contribution is 0.406. The van der Waals surface area contributed by atoms with Crippen molar-refractivity contribution in [2.24, 2.45) is 0 Å². The molecule has 0 aliphatic carbocycles. The number of rotatable bonds is 6. The highest BCUT2D eigenvalue weighted by molar-refractivity contribution is 7.91. The Morgan fingerprint density at radius 2 is 2.29 bits per heavy atom. The average molecular weight is 349 g/mol. The van der Waals surface area contributed by atoms with Crippen LogP contribution in [-0.2, 0) is 16.4 Å². The molecule has 0 bridgehead atoms. The monoisotopic (exact) mass is 349 g/mol. The average Bonchev–Trinajstić information content (AvgIpc) is 3.16. The molecule has 3 rings (SSSR count). The van der Waals surface area contributed by atoms with E-state index in [4.69, 9.17) is 4.74 Å². The molecule has 7 heteroatoms. The molecule has 1 saturated heterocycles. The van der Waals surface area contributed by atoms with Crippen LogP contribution >= 0.6 is 0 Å². The molecule has 130 valence electrons. The van der Waals surface area contributed by atoms with Crippen LogP contribution in [0.3, 0.4) is 0 Å². The van der Waals surface area contributed by atoms with Gasteiger partial charge < -0.3 is 10.1 Å². The maximum atomic E-state index is 11.6. The van der Waals surface area contributed by atoms with Crippen molar-refractivity contribution in [3.05, 3.63) is 47.8 Å². The zero-order chi connectivity index (χ0) is 17.2. The van der Waals surface area contributed by atoms with Gasteiger partial charge in [-0.3, -0.25) is 4.68 Å². The molecule has 0 spiro atoms. The second kappa shape index (κ2) is 6.94. The Hall–Kier alpha value is -1.86.